The monoisotopic (exact) mass is 184 g/mol. The molecule has 3 atom stereocenters. The molecule has 1 fully saturated rings. The second kappa shape index (κ2) is 3.24. The van der Waals surface area contributed by atoms with Gasteiger partial charge in [-0.25, -0.2) is 0 Å². The van der Waals surface area contributed by atoms with Gasteiger partial charge in [-0.05, 0) is 12.5 Å². The minimum atomic E-state index is -1.19. The van der Waals surface area contributed by atoms with Crippen LogP contribution in [0, 0.1) is 5.92 Å². The summed E-state index contributed by atoms with van der Waals surface area (Å²) in [5.74, 6) is -0.455. The van der Waals surface area contributed by atoms with Crippen molar-refractivity contribution in [1.82, 2.24) is 0 Å². The molecule has 3 heteroatoms. The first-order chi connectivity index (χ1) is 5.87. The SMILES string of the molecule is C=C(C)C1(O)CC(=O)C(C)C(O)C1. The molecule has 0 aliphatic heterocycles. The molecular formula is C10H16O3. The van der Waals surface area contributed by atoms with Crippen molar-refractivity contribution in [2.75, 3.05) is 0 Å². The van der Waals surface area contributed by atoms with Gasteiger partial charge in [-0.1, -0.05) is 13.5 Å². The molecule has 2 N–H and O–H groups in total. The molecule has 1 aliphatic rings. The lowest BCUT2D eigenvalue weighted by atomic mass is 9.74. The second-order valence-electron chi connectivity index (χ2n) is 4.02. The van der Waals surface area contributed by atoms with Crippen LogP contribution in [0.1, 0.15) is 26.7 Å². The molecule has 0 aromatic rings. The standard InChI is InChI=1S/C10H16O3/c1-6(2)10(13)4-8(11)7(3)9(12)5-10/h7-8,11,13H,1,4-5H2,2-3H3. The van der Waals surface area contributed by atoms with E-state index in [4.69, 9.17) is 0 Å². The van der Waals surface area contributed by atoms with E-state index in [2.05, 4.69) is 6.58 Å². The maximum Gasteiger partial charge on any atom is 0.141 e. The van der Waals surface area contributed by atoms with Crippen LogP contribution < -0.4 is 0 Å². The average molecular weight is 184 g/mol. The van der Waals surface area contributed by atoms with Gasteiger partial charge in [-0.2, -0.15) is 0 Å². The van der Waals surface area contributed by atoms with E-state index in [0.29, 0.717) is 5.57 Å². The zero-order chi connectivity index (χ0) is 10.2. The van der Waals surface area contributed by atoms with Gasteiger partial charge in [0.25, 0.3) is 0 Å². The summed E-state index contributed by atoms with van der Waals surface area (Å²) < 4.78 is 0. The van der Waals surface area contributed by atoms with Crippen molar-refractivity contribution in [3.63, 3.8) is 0 Å². The van der Waals surface area contributed by atoms with E-state index in [0.717, 1.165) is 0 Å². The van der Waals surface area contributed by atoms with E-state index in [9.17, 15) is 15.0 Å². The fraction of sp³-hybridized carbons (Fsp3) is 0.700. The van der Waals surface area contributed by atoms with Gasteiger partial charge in [-0.3, -0.25) is 4.79 Å². The molecule has 0 amide bonds. The predicted octanol–water partition coefficient (Wildman–Crippen LogP) is 0.653. The van der Waals surface area contributed by atoms with Gasteiger partial charge < -0.3 is 10.2 Å². The average Bonchev–Trinajstić information content (AvgIpc) is 2.00. The summed E-state index contributed by atoms with van der Waals surface area (Å²) in [7, 11) is 0. The highest BCUT2D eigenvalue weighted by atomic mass is 16.3. The highest BCUT2D eigenvalue weighted by Crippen LogP contribution is 2.34. The maximum atomic E-state index is 11.4. The molecule has 1 aliphatic carbocycles. The van der Waals surface area contributed by atoms with Crippen LogP contribution in [0.5, 0.6) is 0 Å². The molecule has 1 saturated carbocycles. The van der Waals surface area contributed by atoms with E-state index in [-0.39, 0.29) is 24.5 Å². The van der Waals surface area contributed by atoms with Gasteiger partial charge in [0, 0.05) is 18.8 Å². The first-order valence-electron chi connectivity index (χ1n) is 4.46. The molecule has 3 unspecified atom stereocenters. The van der Waals surface area contributed by atoms with Gasteiger partial charge in [0.2, 0.25) is 0 Å². The largest absolute Gasteiger partial charge is 0.392 e. The molecule has 0 radical (unpaired) electrons. The van der Waals surface area contributed by atoms with Gasteiger partial charge in [-0.15, -0.1) is 0 Å². The Morgan fingerprint density at radius 3 is 2.62 bits per heavy atom. The number of carbonyl (C=O) groups is 1. The van der Waals surface area contributed by atoms with Crippen LogP contribution in [0.2, 0.25) is 0 Å². The Labute approximate surface area is 78.1 Å². The fourth-order valence-electron chi connectivity index (χ4n) is 1.58. The highest BCUT2D eigenvalue weighted by Gasteiger charge is 2.42. The molecule has 13 heavy (non-hydrogen) atoms. The summed E-state index contributed by atoms with van der Waals surface area (Å²) in [6.07, 6.45) is -0.446. The molecular weight excluding hydrogens is 168 g/mol. The van der Waals surface area contributed by atoms with E-state index >= 15 is 0 Å². The summed E-state index contributed by atoms with van der Waals surface area (Å²) >= 11 is 0. The van der Waals surface area contributed by atoms with Crippen LogP contribution >= 0.6 is 0 Å². The molecule has 74 valence electrons. The lowest BCUT2D eigenvalue weighted by Gasteiger charge is -2.37. The molecule has 0 saturated heterocycles. The van der Waals surface area contributed by atoms with Crippen molar-refractivity contribution in [1.29, 1.82) is 0 Å². The highest BCUT2D eigenvalue weighted by molar-refractivity contribution is 5.83. The number of hydrogen-bond acceptors (Lipinski definition) is 3. The Morgan fingerprint density at radius 2 is 2.23 bits per heavy atom. The second-order valence-corrected chi connectivity index (χ2v) is 4.02. The Bertz CT molecular complexity index is 247. The van der Waals surface area contributed by atoms with Gasteiger partial charge in [0.15, 0.2) is 0 Å². The molecule has 0 aromatic carbocycles. The first kappa shape index (κ1) is 10.4. The van der Waals surface area contributed by atoms with Crippen molar-refractivity contribution < 1.29 is 15.0 Å². The first-order valence-corrected chi connectivity index (χ1v) is 4.46. The lowest BCUT2D eigenvalue weighted by molar-refractivity contribution is -0.138. The van der Waals surface area contributed by atoms with Crippen LogP contribution in [0.3, 0.4) is 0 Å². The number of carbonyl (C=O) groups excluding carboxylic acids is 1. The number of aliphatic hydroxyl groups is 2. The molecule has 0 heterocycles. The van der Waals surface area contributed by atoms with E-state index in [1.165, 1.54) is 0 Å². The quantitative estimate of drug-likeness (QED) is 0.588. The van der Waals surface area contributed by atoms with Gasteiger partial charge in [0.1, 0.15) is 5.78 Å². The third kappa shape index (κ3) is 1.81. The van der Waals surface area contributed by atoms with Crippen molar-refractivity contribution >= 4 is 5.78 Å². The van der Waals surface area contributed by atoms with E-state index in [1.807, 2.05) is 0 Å². The Kier molecular flexibility index (Phi) is 2.59. The van der Waals surface area contributed by atoms with Crippen LogP contribution in [0.15, 0.2) is 12.2 Å². The molecule has 0 spiro atoms. The molecule has 0 aromatic heterocycles. The third-order valence-corrected chi connectivity index (χ3v) is 2.89. The number of Topliss-reactive ketones (excluding diaryl/α,β-unsaturated/α-hetero) is 1. The van der Waals surface area contributed by atoms with Crippen molar-refractivity contribution in [3.05, 3.63) is 12.2 Å². The third-order valence-electron chi connectivity index (χ3n) is 2.89. The topological polar surface area (TPSA) is 57.5 Å². The molecule has 0 bridgehead atoms. The summed E-state index contributed by atoms with van der Waals surface area (Å²) in [4.78, 5) is 11.4. The molecule has 1 rings (SSSR count). The minimum Gasteiger partial charge on any atom is -0.392 e. The summed E-state index contributed by atoms with van der Waals surface area (Å²) in [5, 5.41) is 19.4. The zero-order valence-electron chi connectivity index (χ0n) is 8.08. The van der Waals surface area contributed by atoms with Crippen molar-refractivity contribution in [3.8, 4) is 0 Å². The van der Waals surface area contributed by atoms with Crippen LogP contribution in [-0.2, 0) is 4.79 Å². The summed E-state index contributed by atoms with van der Waals surface area (Å²) in [6.45, 7) is 6.99. The summed E-state index contributed by atoms with van der Waals surface area (Å²) in [5.41, 5.74) is -0.643. The van der Waals surface area contributed by atoms with Crippen molar-refractivity contribution in [2.24, 2.45) is 5.92 Å². The van der Waals surface area contributed by atoms with Crippen LogP contribution in [-0.4, -0.2) is 27.7 Å². The molecule has 3 nitrogen and oxygen atoms in total. The minimum absolute atomic E-state index is 0.0839. The fourth-order valence-corrected chi connectivity index (χ4v) is 1.58. The van der Waals surface area contributed by atoms with E-state index in [1.54, 1.807) is 13.8 Å². The maximum absolute atomic E-state index is 11.4. The van der Waals surface area contributed by atoms with Crippen LogP contribution in [0.25, 0.3) is 0 Å². The number of hydrogen-bond donors (Lipinski definition) is 2. The zero-order valence-corrected chi connectivity index (χ0v) is 8.08. The predicted molar refractivity (Wildman–Crippen MR) is 49.2 cm³/mol. The van der Waals surface area contributed by atoms with Gasteiger partial charge in [0.05, 0.1) is 11.7 Å². The normalized spacial score (nSPS) is 40.5. The van der Waals surface area contributed by atoms with E-state index < -0.39 is 11.7 Å². The van der Waals surface area contributed by atoms with Crippen LogP contribution in [0.4, 0.5) is 0 Å². The number of rotatable bonds is 1. The van der Waals surface area contributed by atoms with Crippen molar-refractivity contribution in [2.45, 2.75) is 38.4 Å². The summed E-state index contributed by atoms with van der Waals surface area (Å²) in [6, 6.07) is 0. The van der Waals surface area contributed by atoms with Gasteiger partial charge >= 0.3 is 0 Å². The Balaban J connectivity index is 2.85. The Morgan fingerprint density at radius 1 is 1.69 bits per heavy atom. The number of ketones is 1. The Hall–Kier alpha value is -0.670. The number of aliphatic hydroxyl groups excluding tert-OH is 1. The smallest absolute Gasteiger partial charge is 0.141 e. The lowest BCUT2D eigenvalue weighted by Crippen LogP contribution is -2.46.